The molecule has 5 heteroatoms. The highest BCUT2D eigenvalue weighted by molar-refractivity contribution is 5.91. The Balaban J connectivity index is 1.56. The SMILES string of the molecule is c1ccc(-c2cc(NC3CC3)nc(Nc3cccc4cccnc34)n2)cc1. The zero-order valence-electron chi connectivity index (χ0n) is 14.8. The molecule has 0 radical (unpaired) electrons. The molecule has 5 rings (SSSR count). The van der Waals surface area contributed by atoms with E-state index in [2.05, 4.69) is 44.9 Å². The number of rotatable bonds is 5. The first-order valence-electron chi connectivity index (χ1n) is 9.17. The lowest BCUT2D eigenvalue weighted by Gasteiger charge is -2.12. The summed E-state index contributed by atoms with van der Waals surface area (Å²) in [6.07, 6.45) is 4.19. The van der Waals surface area contributed by atoms with Gasteiger partial charge in [-0.25, -0.2) is 4.98 Å². The number of fused-ring (bicyclic) bond motifs is 1. The topological polar surface area (TPSA) is 62.7 Å². The van der Waals surface area contributed by atoms with Crippen molar-refractivity contribution in [2.24, 2.45) is 0 Å². The second-order valence-electron chi connectivity index (χ2n) is 6.75. The molecule has 1 aliphatic rings. The van der Waals surface area contributed by atoms with Gasteiger partial charge in [0.25, 0.3) is 0 Å². The zero-order valence-corrected chi connectivity index (χ0v) is 14.8. The maximum atomic E-state index is 4.74. The summed E-state index contributed by atoms with van der Waals surface area (Å²) in [5.74, 6) is 1.42. The maximum Gasteiger partial charge on any atom is 0.229 e. The molecule has 4 aromatic rings. The van der Waals surface area contributed by atoms with Crippen molar-refractivity contribution >= 4 is 28.4 Å². The molecule has 0 unspecified atom stereocenters. The maximum absolute atomic E-state index is 4.74. The normalized spacial score (nSPS) is 13.5. The van der Waals surface area contributed by atoms with Crippen molar-refractivity contribution in [1.29, 1.82) is 0 Å². The Labute approximate surface area is 157 Å². The van der Waals surface area contributed by atoms with Crippen molar-refractivity contribution in [3.8, 4) is 11.3 Å². The van der Waals surface area contributed by atoms with E-state index >= 15 is 0 Å². The number of anilines is 3. The van der Waals surface area contributed by atoms with Gasteiger partial charge < -0.3 is 10.6 Å². The molecule has 0 bridgehead atoms. The fraction of sp³-hybridized carbons (Fsp3) is 0.136. The number of benzene rings is 2. The van der Waals surface area contributed by atoms with Crippen LogP contribution in [0.1, 0.15) is 12.8 Å². The lowest BCUT2D eigenvalue weighted by atomic mass is 10.1. The van der Waals surface area contributed by atoms with Gasteiger partial charge in [-0.1, -0.05) is 48.5 Å². The van der Waals surface area contributed by atoms with E-state index in [1.807, 2.05) is 42.5 Å². The summed E-state index contributed by atoms with van der Waals surface area (Å²) < 4.78 is 0. The third-order valence-electron chi connectivity index (χ3n) is 4.60. The number of hydrogen-bond acceptors (Lipinski definition) is 5. The van der Waals surface area contributed by atoms with E-state index in [1.165, 1.54) is 12.8 Å². The minimum Gasteiger partial charge on any atom is -0.367 e. The first-order chi connectivity index (χ1) is 13.3. The van der Waals surface area contributed by atoms with Gasteiger partial charge in [0.15, 0.2) is 0 Å². The molecule has 1 fully saturated rings. The van der Waals surface area contributed by atoms with Crippen LogP contribution in [-0.2, 0) is 0 Å². The van der Waals surface area contributed by atoms with E-state index in [9.17, 15) is 0 Å². The first kappa shape index (κ1) is 15.8. The molecule has 2 N–H and O–H groups in total. The average Bonchev–Trinajstić information content (AvgIpc) is 3.53. The van der Waals surface area contributed by atoms with Crippen molar-refractivity contribution in [3.63, 3.8) is 0 Å². The molecular weight excluding hydrogens is 334 g/mol. The van der Waals surface area contributed by atoms with Gasteiger partial charge in [0.2, 0.25) is 5.95 Å². The van der Waals surface area contributed by atoms with E-state index in [-0.39, 0.29) is 0 Å². The molecular formula is C22H19N5. The second-order valence-corrected chi connectivity index (χ2v) is 6.75. The van der Waals surface area contributed by atoms with Crippen LogP contribution in [0.25, 0.3) is 22.2 Å². The molecule has 5 nitrogen and oxygen atoms in total. The Hall–Kier alpha value is -3.47. The molecule has 1 aliphatic carbocycles. The lowest BCUT2D eigenvalue weighted by Crippen LogP contribution is -2.07. The van der Waals surface area contributed by atoms with Crippen LogP contribution in [0, 0.1) is 0 Å². The summed E-state index contributed by atoms with van der Waals surface area (Å²) >= 11 is 0. The Morgan fingerprint density at radius 1 is 0.852 bits per heavy atom. The Morgan fingerprint density at radius 3 is 2.56 bits per heavy atom. The number of nitrogens with zero attached hydrogens (tertiary/aromatic N) is 3. The van der Waals surface area contributed by atoms with E-state index in [0.29, 0.717) is 12.0 Å². The average molecular weight is 353 g/mol. The number of pyridine rings is 1. The molecule has 0 aliphatic heterocycles. The standard InChI is InChI=1S/C22H19N5/c1-2-6-15(7-3-1)19-14-20(24-17-11-12-17)27-22(26-19)25-18-10-4-8-16-9-5-13-23-21(16)18/h1-10,13-14,17H,11-12H2,(H2,24,25,26,27). The van der Waals surface area contributed by atoms with E-state index in [0.717, 1.165) is 33.7 Å². The monoisotopic (exact) mass is 353 g/mol. The van der Waals surface area contributed by atoms with Crippen LogP contribution in [-0.4, -0.2) is 21.0 Å². The molecule has 0 atom stereocenters. The number of nitrogens with one attached hydrogen (secondary N) is 2. The Kier molecular flexibility index (Phi) is 3.90. The van der Waals surface area contributed by atoms with Gasteiger partial charge >= 0.3 is 0 Å². The molecule has 2 heterocycles. The summed E-state index contributed by atoms with van der Waals surface area (Å²) in [6.45, 7) is 0. The summed E-state index contributed by atoms with van der Waals surface area (Å²) in [4.78, 5) is 13.9. The molecule has 2 aromatic carbocycles. The molecule has 0 saturated heterocycles. The minimum absolute atomic E-state index is 0.524. The lowest BCUT2D eigenvalue weighted by molar-refractivity contribution is 1.09. The van der Waals surface area contributed by atoms with Crippen LogP contribution >= 0.6 is 0 Å². The van der Waals surface area contributed by atoms with Crippen LogP contribution < -0.4 is 10.6 Å². The molecule has 27 heavy (non-hydrogen) atoms. The number of hydrogen-bond donors (Lipinski definition) is 2. The molecule has 132 valence electrons. The third kappa shape index (κ3) is 3.44. The highest BCUT2D eigenvalue weighted by atomic mass is 15.2. The van der Waals surface area contributed by atoms with E-state index < -0.39 is 0 Å². The summed E-state index contributed by atoms with van der Waals surface area (Å²) in [6, 6.07) is 22.8. The Bertz CT molecular complexity index is 1080. The van der Waals surface area contributed by atoms with Gasteiger partial charge in [-0.15, -0.1) is 0 Å². The molecule has 0 amide bonds. The Morgan fingerprint density at radius 2 is 1.70 bits per heavy atom. The van der Waals surface area contributed by atoms with Crippen LogP contribution in [0.4, 0.5) is 17.5 Å². The number of para-hydroxylation sites is 1. The highest BCUT2D eigenvalue weighted by Crippen LogP contribution is 2.29. The van der Waals surface area contributed by atoms with Gasteiger partial charge in [-0.2, -0.15) is 4.98 Å². The largest absolute Gasteiger partial charge is 0.367 e. The predicted octanol–water partition coefficient (Wildman–Crippen LogP) is 5.01. The van der Waals surface area contributed by atoms with Crippen LogP contribution in [0.5, 0.6) is 0 Å². The van der Waals surface area contributed by atoms with E-state index in [1.54, 1.807) is 6.20 Å². The van der Waals surface area contributed by atoms with Gasteiger partial charge in [0.1, 0.15) is 5.82 Å². The fourth-order valence-electron chi connectivity index (χ4n) is 3.10. The highest BCUT2D eigenvalue weighted by Gasteiger charge is 2.22. The summed E-state index contributed by atoms with van der Waals surface area (Å²) in [5.41, 5.74) is 3.77. The predicted molar refractivity (Wildman–Crippen MR) is 109 cm³/mol. The van der Waals surface area contributed by atoms with Gasteiger partial charge in [0, 0.05) is 29.3 Å². The van der Waals surface area contributed by atoms with Gasteiger partial charge in [0.05, 0.1) is 16.9 Å². The van der Waals surface area contributed by atoms with Crippen LogP contribution in [0.15, 0.2) is 72.9 Å². The molecule has 0 spiro atoms. The van der Waals surface area contributed by atoms with Crippen molar-refractivity contribution < 1.29 is 0 Å². The zero-order chi connectivity index (χ0) is 18.1. The van der Waals surface area contributed by atoms with Gasteiger partial charge in [-0.3, -0.25) is 4.98 Å². The fourth-order valence-corrected chi connectivity index (χ4v) is 3.10. The van der Waals surface area contributed by atoms with Crippen molar-refractivity contribution in [2.75, 3.05) is 10.6 Å². The summed E-state index contributed by atoms with van der Waals surface area (Å²) in [7, 11) is 0. The second kappa shape index (κ2) is 6.68. The van der Waals surface area contributed by atoms with Crippen LogP contribution in [0.2, 0.25) is 0 Å². The van der Waals surface area contributed by atoms with Crippen molar-refractivity contribution in [2.45, 2.75) is 18.9 Å². The van der Waals surface area contributed by atoms with Gasteiger partial charge in [-0.05, 0) is 25.0 Å². The first-order valence-corrected chi connectivity index (χ1v) is 9.17. The van der Waals surface area contributed by atoms with Crippen molar-refractivity contribution in [1.82, 2.24) is 15.0 Å². The molecule has 2 aromatic heterocycles. The third-order valence-corrected chi connectivity index (χ3v) is 4.60. The number of aromatic nitrogens is 3. The summed E-state index contributed by atoms with van der Waals surface area (Å²) in [5, 5.41) is 7.93. The quantitative estimate of drug-likeness (QED) is 0.528. The van der Waals surface area contributed by atoms with E-state index in [4.69, 9.17) is 4.98 Å². The minimum atomic E-state index is 0.524. The smallest absolute Gasteiger partial charge is 0.229 e. The molecule has 1 saturated carbocycles. The van der Waals surface area contributed by atoms with Crippen molar-refractivity contribution in [3.05, 3.63) is 72.9 Å². The van der Waals surface area contributed by atoms with Crippen LogP contribution in [0.3, 0.4) is 0 Å².